The Kier molecular flexibility index (Phi) is 5.71. The van der Waals surface area contributed by atoms with E-state index in [-0.39, 0.29) is 12.0 Å². The molecule has 1 amide bonds. The number of carbonyl (C=O) groups is 1. The molecule has 1 aliphatic rings. The largest absolute Gasteiger partial charge is 0.378 e. The van der Waals surface area contributed by atoms with Crippen LogP contribution in [0.5, 0.6) is 0 Å². The zero-order valence-corrected chi connectivity index (χ0v) is 16.1. The lowest BCUT2D eigenvalue weighted by Gasteiger charge is -2.32. The van der Waals surface area contributed by atoms with Crippen molar-refractivity contribution in [3.63, 3.8) is 0 Å². The number of aryl methyl sites for hydroxylation is 1. The Balaban J connectivity index is 1.65. The predicted molar refractivity (Wildman–Crippen MR) is 101 cm³/mol. The number of hydrogen-bond acceptors (Lipinski definition) is 4. The van der Waals surface area contributed by atoms with Gasteiger partial charge in [0.25, 0.3) is 5.91 Å². The van der Waals surface area contributed by atoms with Crippen molar-refractivity contribution in [3.05, 3.63) is 41.2 Å². The molecule has 0 aliphatic carbocycles. The number of piperidine rings is 1. The average molecular weight is 356 g/mol. The molecular weight excluding hydrogens is 328 g/mol. The van der Waals surface area contributed by atoms with E-state index in [4.69, 9.17) is 4.74 Å². The van der Waals surface area contributed by atoms with Crippen LogP contribution in [-0.2, 0) is 4.74 Å². The van der Waals surface area contributed by atoms with Crippen LogP contribution in [0.1, 0.15) is 48.4 Å². The molecule has 1 saturated heterocycles. The number of ether oxygens (including phenoxy) is 1. The summed E-state index contributed by atoms with van der Waals surface area (Å²) in [5, 5.41) is 8.35. The fraction of sp³-hybridized carbons (Fsp3) is 0.550. The zero-order valence-electron chi connectivity index (χ0n) is 16.1. The molecule has 0 N–H and O–H groups in total. The summed E-state index contributed by atoms with van der Waals surface area (Å²) in [4.78, 5) is 14.7. The highest BCUT2D eigenvalue weighted by atomic mass is 16.5. The van der Waals surface area contributed by atoms with E-state index in [0.717, 1.165) is 30.8 Å². The summed E-state index contributed by atoms with van der Waals surface area (Å²) in [5.74, 6) is 0.497. The summed E-state index contributed by atoms with van der Waals surface area (Å²) in [6.07, 6.45) is 2.01. The quantitative estimate of drug-likeness (QED) is 0.826. The maximum absolute atomic E-state index is 12.9. The minimum Gasteiger partial charge on any atom is -0.378 e. The molecule has 2 heterocycles. The van der Waals surface area contributed by atoms with Crippen molar-refractivity contribution in [2.75, 3.05) is 19.7 Å². The molecule has 0 radical (unpaired) electrons. The first-order chi connectivity index (χ1) is 12.5. The summed E-state index contributed by atoms with van der Waals surface area (Å²) >= 11 is 0. The van der Waals surface area contributed by atoms with Gasteiger partial charge >= 0.3 is 0 Å². The van der Waals surface area contributed by atoms with E-state index >= 15 is 0 Å². The molecule has 2 aromatic rings. The van der Waals surface area contributed by atoms with Crippen LogP contribution in [0.2, 0.25) is 0 Å². The summed E-state index contributed by atoms with van der Waals surface area (Å²) in [6.45, 7) is 10.4. The Morgan fingerprint density at radius 2 is 1.85 bits per heavy atom. The number of hydrogen-bond donors (Lipinski definition) is 0. The number of carbonyl (C=O) groups excluding carboxylic acids is 1. The van der Waals surface area contributed by atoms with E-state index < -0.39 is 0 Å². The molecule has 1 aromatic carbocycles. The first-order valence-corrected chi connectivity index (χ1v) is 9.36. The first-order valence-electron chi connectivity index (χ1n) is 9.36. The lowest BCUT2D eigenvalue weighted by Crippen LogP contribution is -2.41. The molecular formula is C20H28N4O2. The van der Waals surface area contributed by atoms with E-state index in [1.54, 1.807) is 4.68 Å². The Bertz CT molecular complexity index is 744. The van der Waals surface area contributed by atoms with Gasteiger partial charge in [-0.25, -0.2) is 4.68 Å². The van der Waals surface area contributed by atoms with Crippen molar-refractivity contribution in [1.82, 2.24) is 19.9 Å². The Hall–Kier alpha value is -2.21. The minimum absolute atomic E-state index is 0.0387. The zero-order chi connectivity index (χ0) is 18.7. The van der Waals surface area contributed by atoms with Crippen molar-refractivity contribution >= 4 is 5.91 Å². The van der Waals surface area contributed by atoms with Gasteiger partial charge in [0.05, 0.1) is 17.5 Å². The van der Waals surface area contributed by atoms with Crippen LogP contribution in [0, 0.1) is 19.8 Å². The molecule has 1 aliphatic heterocycles. The lowest BCUT2D eigenvalue weighted by atomic mass is 10.1. The van der Waals surface area contributed by atoms with E-state index in [2.05, 4.69) is 24.2 Å². The number of amides is 1. The van der Waals surface area contributed by atoms with Gasteiger partial charge in [0, 0.05) is 19.7 Å². The second-order valence-corrected chi connectivity index (χ2v) is 7.49. The SMILES string of the molecule is Cc1ccc(-n2nnc(C(=O)N3CCC(OCC(C)C)CC3)c2C)cc1. The fourth-order valence-electron chi connectivity index (χ4n) is 3.16. The van der Waals surface area contributed by atoms with E-state index in [9.17, 15) is 4.79 Å². The van der Waals surface area contributed by atoms with Gasteiger partial charge in [-0.2, -0.15) is 0 Å². The van der Waals surface area contributed by atoms with Gasteiger partial charge in [0.15, 0.2) is 5.69 Å². The van der Waals surface area contributed by atoms with Crippen molar-refractivity contribution < 1.29 is 9.53 Å². The maximum Gasteiger partial charge on any atom is 0.276 e. The molecule has 6 nitrogen and oxygen atoms in total. The highest BCUT2D eigenvalue weighted by molar-refractivity contribution is 5.93. The molecule has 1 fully saturated rings. The molecule has 0 unspecified atom stereocenters. The van der Waals surface area contributed by atoms with E-state index in [0.29, 0.717) is 24.7 Å². The number of likely N-dealkylation sites (tertiary alicyclic amines) is 1. The summed E-state index contributed by atoms with van der Waals surface area (Å²) in [6, 6.07) is 8.03. The van der Waals surface area contributed by atoms with Crippen LogP contribution in [0.3, 0.4) is 0 Å². The van der Waals surface area contributed by atoms with Crippen molar-refractivity contribution in [2.24, 2.45) is 5.92 Å². The highest BCUT2D eigenvalue weighted by Gasteiger charge is 2.27. The van der Waals surface area contributed by atoms with Gasteiger partial charge < -0.3 is 9.64 Å². The predicted octanol–water partition coefficient (Wildman–Crippen LogP) is 3.16. The second kappa shape index (κ2) is 7.99. The number of rotatable bonds is 5. The number of nitrogens with zero attached hydrogens (tertiary/aromatic N) is 4. The smallest absolute Gasteiger partial charge is 0.276 e. The minimum atomic E-state index is -0.0387. The van der Waals surface area contributed by atoms with Crippen LogP contribution in [0.15, 0.2) is 24.3 Å². The standard InChI is InChI=1S/C20H28N4O2/c1-14(2)13-26-18-9-11-23(12-10-18)20(25)19-16(4)24(22-21-19)17-7-5-15(3)6-8-17/h5-8,14,18H,9-13H2,1-4H3. The van der Waals surface area contributed by atoms with Gasteiger partial charge in [0.2, 0.25) is 0 Å². The van der Waals surface area contributed by atoms with Gasteiger partial charge in [-0.1, -0.05) is 36.8 Å². The van der Waals surface area contributed by atoms with Crippen LogP contribution in [0.25, 0.3) is 5.69 Å². The normalized spacial score (nSPS) is 15.7. The van der Waals surface area contributed by atoms with Gasteiger partial charge in [-0.05, 0) is 44.7 Å². The van der Waals surface area contributed by atoms with Crippen molar-refractivity contribution in [1.29, 1.82) is 0 Å². The average Bonchev–Trinajstić information content (AvgIpc) is 3.02. The molecule has 1 aromatic heterocycles. The summed E-state index contributed by atoms with van der Waals surface area (Å²) in [7, 11) is 0. The molecule has 0 spiro atoms. The van der Waals surface area contributed by atoms with Gasteiger partial charge in [-0.15, -0.1) is 5.10 Å². The molecule has 0 bridgehead atoms. The van der Waals surface area contributed by atoms with Crippen LogP contribution in [-0.4, -0.2) is 51.6 Å². The Morgan fingerprint density at radius 1 is 1.19 bits per heavy atom. The number of aromatic nitrogens is 3. The molecule has 26 heavy (non-hydrogen) atoms. The monoisotopic (exact) mass is 356 g/mol. The molecule has 0 saturated carbocycles. The topological polar surface area (TPSA) is 60.2 Å². The molecule has 3 rings (SSSR count). The fourth-order valence-corrected chi connectivity index (χ4v) is 3.16. The van der Waals surface area contributed by atoms with Crippen molar-refractivity contribution in [2.45, 2.75) is 46.6 Å². The third kappa shape index (κ3) is 4.12. The van der Waals surface area contributed by atoms with Gasteiger partial charge in [0.1, 0.15) is 0 Å². The number of benzene rings is 1. The molecule has 0 atom stereocenters. The van der Waals surface area contributed by atoms with Crippen LogP contribution >= 0.6 is 0 Å². The second-order valence-electron chi connectivity index (χ2n) is 7.49. The third-order valence-electron chi connectivity index (χ3n) is 4.77. The highest BCUT2D eigenvalue weighted by Crippen LogP contribution is 2.19. The Morgan fingerprint density at radius 3 is 2.46 bits per heavy atom. The molecule has 6 heteroatoms. The van der Waals surface area contributed by atoms with Crippen LogP contribution < -0.4 is 0 Å². The maximum atomic E-state index is 12.9. The first kappa shape index (κ1) is 18.6. The summed E-state index contributed by atoms with van der Waals surface area (Å²) < 4.78 is 7.63. The Labute approximate surface area is 155 Å². The van der Waals surface area contributed by atoms with E-state index in [1.807, 2.05) is 43.0 Å². The van der Waals surface area contributed by atoms with Gasteiger partial charge in [-0.3, -0.25) is 4.79 Å². The van der Waals surface area contributed by atoms with Crippen molar-refractivity contribution in [3.8, 4) is 5.69 Å². The lowest BCUT2D eigenvalue weighted by molar-refractivity contribution is -0.00244. The van der Waals surface area contributed by atoms with E-state index in [1.165, 1.54) is 5.56 Å². The third-order valence-corrected chi connectivity index (χ3v) is 4.77. The molecule has 140 valence electrons. The summed E-state index contributed by atoms with van der Waals surface area (Å²) in [5.41, 5.74) is 3.31. The van der Waals surface area contributed by atoms with Crippen LogP contribution in [0.4, 0.5) is 0 Å².